The third-order valence-electron chi connectivity index (χ3n) is 5.96. The molecule has 8 nitrogen and oxygen atoms in total. The van der Waals surface area contributed by atoms with Gasteiger partial charge in [-0.1, -0.05) is 40.2 Å². The van der Waals surface area contributed by atoms with Crippen LogP contribution in [0.2, 0.25) is 0 Å². The van der Waals surface area contributed by atoms with Crippen LogP contribution in [0.5, 0.6) is 11.6 Å². The number of halogens is 2. The minimum absolute atomic E-state index is 0.355. The molecule has 0 amide bonds. The van der Waals surface area contributed by atoms with Crippen molar-refractivity contribution in [3.8, 4) is 23.2 Å². The second-order valence-electron chi connectivity index (χ2n) is 7.99. The number of hydrogen-bond acceptors (Lipinski definition) is 7. The number of fused-ring (bicyclic) bond motifs is 6. The summed E-state index contributed by atoms with van der Waals surface area (Å²) in [7, 11) is 0. The van der Waals surface area contributed by atoms with Crippen LogP contribution in [0.1, 0.15) is 22.6 Å². The summed E-state index contributed by atoms with van der Waals surface area (Å²) in [6, 6.07) is 18.6. The number of ether oxygens (including phenoxy) is 1. The standard InChI is InChI=1S/C25H12Br2N4O4/c26-13-7-5-12(6-8-13)18-19-21(14-3-1-2-4-15(14)34-25(19)32)35-24-20(18)23-29-22(30-31(23)11-28-24)16-9-10-17(27)33-16/h1-11,18H. The lowest BCUT2D eigenvalue weighted by atomic mass is 9.84. The minimum atomic E-state index is -0.542. The Hall–Kier alpha value is -3.76. The van der Waals surface area contributed by atoms with Gasteiger partial charge in [0.25, 0.3) is 0 Å². The first kappa shape index (κ1) is 20.6. The minimum Gasteiger partial charge on any atom is -0.446 e. The van der Waals surface area contributed by atoms with Crippen molar-refractivity contribution in [2.45, 2.75) is 5.92 Å². The van der Waals surface area contributed by atoms with Crippen LogP contribution in [0.4, 0.5) is 0 Å². The Bertz CT molecular complexity index is 1840. The maximum absolute atomic E-state index is 13.4. The molecular formula is C25H12Br2N4O4. The molecule has 1 aliphatic heterocycles. The van der Waals surface area contributed by atoms with Crippen molar-refractivity contribution in [3.05, 3.63) is 103 Å². The molecule has 0 aliphatic carbocycles. The molecule has 170 valence electrons. The van der Waals surface area contributed by atoms with E-state index in [9.17, 15) is 4.79 Å². The van der Waals surface area contributed by atoms with E-state index in [1.54, 1.807) is 29.0 Å². The number of nitrogens with zero attached hydrogens (tertiary/aromatic N) is 4. The van der Waals surface area contributed by atoms with Crippen molar-refractivity contribution >= 4 is 48.5 Å². The third-order valence-corrected chi connectivity index (χ3v) is 6.91. The number of hydrogen-bond donors (Lipinski definition) is 0. The van der Waals surface area contributed by atoms with E-state index in [1.165, 1.54) is 0 Å². The molecule has 0 spiro atoms. The fourth-order valence-corrected chi connectivity index (χ4v) is 5.03. The first-order valence-corrected chi connectivity index (χ1v) is 12.2. The fourth-order valence-electron chi connectivity index (χ4n) is 4.46. The van der Waals surface area contributed by atoms with Crippen LogP contribution in [0.3, 0.4) is 0 Å². The molecule has 2 aromatic carbocycles. The lowest BCUT2D eigenvalue weighted by Crippen LogP contribution is -2.22. The second kappa shape index (κ2) is 7.62. The molecule has 0 fully saturated rings. The first-order chi connectivity index (χ1) is 17.1. The molecule has 7 rings (SSSR count). The highest BCUT2D eigenvalue weighted by Crippen LogP contribution is 2.48. The third kappa shape index (κ3) is 3.17. The highest BCUT2D eigenvalue weighted by molar-refractivity contribution is 9.10. The second-order valence-corrected chi connectivity index (χ2v) is 9.68. The smallest absolute Gasteiger partial charge is 0.344 e. The van der Waals surface area contributed by atoms with Crippen molar-refractivity contribution in [2.75, 3.05) is 0 Å². The van der Waals surface area contributed by atoms with Gasteiger partial charge in [0.1, 0.15) is 11.9 Å². The van der Waals surface area contributed by atoms with Crippen molar-refractivity contribution in [1.82, 2.24) is 19.6 Å². The van der Waals surface area contributed by atoms with E-state index in [-0.39, 0.29) is 0 Å². The number of furan rings is 1. The van der Waals surface area contributed by atoms with E-state index in [4.69, 9.17) is 18.6 Å². The molecule has 0 saturated carbocycles. The molecule has 10 heteroatoms. The van der Waals surface area contributed by atoms with E-state index < -0.39 is 11.5 Å². The topological polar surface area (TPSA) is 95.7 Å². The van der Waals surface area contributed by atoms with Gasteiger partial charge in [0.05, 0.1) is 22.4 Å². The maximum atomic E-state index is 13.4. The van der Waals surface area contributed by atoms with E-state index in [2.05, 4.69) is 41.9 Å². The van der Waals surface area contributed by atoms with Gasteiger partial charge in [0.2, 0.25) is 11.7 Å². The molecular weight excluding hydrogens is 580 g/mol. The summed E-state index contributed by atoms with van der Waals surface area (Å²) in [6.45, 7) is 0. The van der Waals surface area contributed by atoms with Crippen molar-refractivity contribution in [3.63, 3.8) is 0 Å². The Morgan fingerprint density at radius 1 is 0.914 bits per heavy atom. The van der Waals surface area contributed by atoms with E-state index in [0.29, 0.717) is 55.6 Å². The number of benzene rings is 2. The summed E-state index contributed by atoms with van der Waals surface area (Å²) < 4.78 is 20.7. The lowest BCUT2D eigenvalue weighted by Gasteiger charge is -2.27. The van der Waals surface area contributed by atoms with Crippen LogP contribution >= 0.6 is 31.9 Å². The van der Waals surface area contributed by atoms with E-state index in [0.717, 1.165) is 10.0 Å². The number of rotatable bonds is 2. The summed E-state index contributed by atoms with van der Waals surface area (Å²) in [5.74, 6) is 1.13. The van der Waals surface area contributed by atoms with Gasteiger partial charge in [-0.05, 0) is 57.9 Å². The Morgan fingerprint density at radius 2 is 1.74 bits per heavy atom. The molecule has 1 aliphatic rings. The predicted molar refractivity (Wildman–Crippen MR) is 134 cm³/mol. The molecule has 0 bridgehead atoms. The average Bonchev–Trinajstić information content (AvgIpc) is 3.50. The van der Waals surface area contributed by atoms with Crippen molar-refractivity contribution in [2.24, 2.45) is 0 Å². The lowest BCUT2D eigenvalue weighted by molar-refractivity contribution is 0.422. The van der Waals surface area contributed by atoms with E-state index in [1.807, 2.05) is 42.5 Å². The van der Waals surface area contributed by atoms with Gasteiger partial charge in [0.15, 0.2) is 21.8 Å². The highest BCUT2D eigenvalue weighted by atomic mass is 79.9. The Morgan fingerprint density at radius 3 is 2.54 bits per heavy atom. The van der Waals surface area contributed by atoms with Crippen LogP contribution < -0.4 is 10.4 Å². The van der Waals surface area contributed by atoms with Crippen LogP contribution in [0, 0.1) is 0 Å². The molecule has 1 unspecified atom stereocenters. The Kier molecular flexibility index (Phi) is 4.49. The molecule has 1 atom stereocenters. The van der Waals surface area contributed by atoms with Gasteiger partial charge in [-0.25, -0.2) is 19.3 Å². The molecule has 0 N–H and O–H groups in total. The van der Waals surface area contributed by atoms with Crippen LogP contribution in [0.15, 0.2) is 89.8 Å². The quantitative estimate of drug-likeness (QED) is 0.218. The predicted octanol–water partition coefficient (Wildman–Crippen LogP) is 6.30. The summed E-state index contributed by atoms with van der Waals surface area (Å²) in [5, 5.41) is 5.23. The molecule has 4 aromatic heterocycles. The summed E-state index contributed by atoms with van der Waals surface area (Å²) in [5.41, 5.74) is 2.34. The zero-order chi connectivity index (χ0) is 23.7. The van der Waals surface area contributed by atoms with E-state index >= 15 is 0 Å². The summed E-state index contributed by atoms with van der Waals surface area (Å²) in [6.07, 6.45) is 1.54. The van der Waals surface area contributed by atoms with Crippen molar-refractivity contribution in [1.29, 1.82) is 0 Å². The monoisotopic (exact) mass is 590 g/mol. The molecule has 0 radical (unpaired) electrons. The van der Waals surface area contributed by atoms with Crippen molar-refractivity contribution < 1.29 is 13.6 Å². The van der Waals surface area contributed by atoms with Gasteiger partial charge in [-0.2, -0.15) is 0 Å². The average molecular weight is 592 g/mol. The SMILES string of the molecule is O=c1oc2ccccc2c2c1C(c1ccc(Br)cc1)c1c(ncn3nc(-c4ccc(Br)o4)nc13)O2. The van der Waals surface area contributed by atoms with Gasteiger partial charge in [0, 0.05) is 4.47 Å². The zero-order valence-electron chi connectivity index (χ0n) is 17.6. The number of aromatic nitrogens is 4. The Balaban J connectivity index is 1.55. The van der Waals surface area contributed by atoms with Gasteiger partial charge < -0.3 is 13.6 Å². The fraction of sp³-hybridized carbons (Fsp3) is 0.0400. The summed E-state index contributed by atoms with van der Waals surface area (Å²) >= 11 is 6.81. The first-order valence-electron chi connectivity index (χ1n) is 10.6. The molecule has 5 heterocycles. The highest BCUT2D eigenvalue weighted by Gasteiger charge is 2.37. The van der Waals surface area contributed by atoms with Gasteiger partial charge in [-0.3, -0.25) is 0 Å². The molecule has 6 aromatic rings. The number of para-hydroxylation sites is 1. The van der Waals surface area contributed by atoms with Gasteiger partial charge in [-0.15, -0.1) is 5.10 Å². The van der Waals surface area contributed by atoms with Crippen LogP contribution in [-0.4, -0.2) is 19.6 Å². The van der Waals surface area contributed by atoms with Crippen LogP contribution in [0.25, 0.3) is 28.2 Å². The van der Waals surface area contributed by atoms with Crippen LogP contribution in [-0.2, 0) is 0 Å². The Labute approximate surface area is 213 Å². The normalized spacial score (nSPS) is 14.6. The summed E-state index contributed by atoms with van der Waals surface area (Å²) in [4.78, 5) is 22.7. The zero-order valence-corrected chi connectivity index (χ0v) is 20.8. The maximum Gasteiger partial charge on any atom is 0.344 e. The largest absolute Gasteiger partial charge is 0.446 e. The molecule has 35 heavy (non-hydrogen) atoms. The van der Waals surface area contributed by atoms with Gasteiger partial charge >= 0.3 is 5.63 Å². The molecule has 0 saturated heterocycles.